The zero-order chi connectivity index (χ0) is 18.9. The second kappa shape index (κ2) is 6.46. The quantitative estimate of drug-likeness (QED) is 0.501. The normalized spacial score (nSPS) is 11.5. The van der Waals surface area contributed by atoms with Gasteiger partial charge in [0.05, 0.1) is 17.8 Å². The SMILES string of the molecule is CCOc1nn(-c2nc(-c3ccco3)cc(C(F)(F)F)n2)cc1[N+](=O)[O-]. The molecular formula is C14H10F3N5O4. The van der Waals surface area contributed by atoms with Gasteiger partial charge in [-0.05, 0) is 25.1 Å². The van der Waals surface area contributed by atoms with Crippen LogP contribution in [0, 0.1) is 10.1 Å². The minimum Gasteiger partial charge on any atom is -0.472 e. The van der Waals surface area contributed by atoms with Crippen LogP contribution in [0.3, 0.4) is 0 Å². The molecule has 0 atom stereocenters. The summed E-state index contributed by atoms with van der Waals surface area (Å²) >= 11 is 0. The van der Waals surface area contributed by atoms with Crippen LogP contribution in [-0.2, 0) is 6.18 Å². The molecule has 0 aromatic carbocycles. The van der Waals surface area contributed by atoms with Gasteiger partial charge in [0, 0.05) is 0 Å². The van der Waals surface area contributed by atoms with Crippen LogP contribution in [0.25, 0.3) is 17.4 Å². The van der Waals surface area contributed by atoms with E-state index in [1.165, 1.54) is 18.4 Å². The van der Waals surface area contributed by atoms with Crippen molar-refractivity contribution in [2.45, 2.75) is 13.1 Å². The maximum atomic E-state index is 13.2. The molecular weight excluding hydrogens is 359 g/mol. The second-order valence-corrected chi connectivity index (χ2v) is 4.87. The van der Waals surface area contributed by atoms with E-state index in [2.05, 4.69) is 15.1 Å². The first-order chi connectivity index (χ1) is 12.3. The van der Waals surface area contributed by atoms with Crippen LogP contribution < -0.4 is 4.74 Å². The molecule has 0 bridgehead atoms. The fraction of sp³-hybridized carbons (Fsp3) is 0.214. The molecule has 0 aliphatic carbocycles. The molecule has 0 aliphatic rings. The molecule has 12 heteroatoms. The Kier molecular flexibility index (Phi) is 4.32. The summed E-state index contributed by atoms with van der Waals surface area (Å²) in [6.07, 6.45) is -2.61. The van der Waals surface area contributed by atoms with E-state index in [4.69, 9.17) is 9.15 Å². The number of halogens is 3. The molecule has 136 valence electrons. The molecule has 0 unspecified atom stereocenters. The van der Waals surface area contributed by atoms with Gasteiger partial charge in [-0.15, -0.1) is 5.10 Å². The third-order valence-corrected chi connectivity index (χ3v) is 3.12. The average molecular weight is 369 g/mol. The lowest BCUT2D eigenvalue weighted by atomic mass is 10.2. The molecule has 0 fully saturated rings. The summed E-state index contributed by atoms with van der Waals surface area (Å²) < 4.78 is 50.3. The Bertz CT molecular complexity index is 937. The van der Waals surface area contributed by atoms with Gasteiger partial charge in [-0.2, -0.15) is 17.9 Å². The molecule has 3 heterocycles. The van der Waals surface area contributed by atoms with Gasteiger partial charge in [-0.3, -0.25) is 10.1 Å². The Morgan fingerprint density at radius 3 is 2.73 bits per heavy atom. The van der Waals surface area contributed by atoms with Crippen molar-refractivity contribution in [1.82, 2.24) is 19.7 Å². The van der Waals surface area contributed by atoms with Gasteiger partial charge in [0.25, 0.3) is 5.95 Å². The van der Waals surface area contributed by atoms with Crippen molar-refractivity contribution in [3.63, 3.8) is 0 Å². The number of alkyl halides is 3. The lowest BCUT2D eigenvalue weighted by Gasteiger charge is -2.09. The number of furan rings is 1. The fourth-order valence-electron chi connectivity index (χ4n) is 2.05. The lowest BCUT2D eigenvalue weighted by Crippen LogP contribution is -2.13. The number of nitro groups is 1. The monoisotopic (exact) mass is 369 g/mol. The zero-order valence-electron chi connectivity index (χ0n) is 13.1. The van der Waals surface area contributed by atoms with Gasteiger partial charge in [-0.1, -0.05) is 0 Å². The maximum Gasteiger partial charge on any atom is 0.433 e. The van der Waals surface area contributed by atoms with Gasteiger partial charge < -0.3 is 9.15 Å². The highest BCUT2D eigenvalue weighted by molar-refractivity contribution is 5.53. The maximum absolute atomic E-state index is 13.2. The van der Waals surface area contributed by atoms with Crippen molar-refractivity contribution in [3.8, 4) is 23.3 Å². The molecule has 0 saturated heterocycles. The predicted octanol–water partition coefficient (Wildman–Crippen LogP) is 3.25. The van der Waals surface area contributed by atoms with Gasteiger partial charge in [0.2, 0.25) is 0 Å². The van der Waals surface area contributed by atoms with E-state index in [0.29, 0.717) is 6.07 Å². The summed E-state index contributed by atoms with van der Waals surface area (Å²) in [5, 5.41) is 14.8. The minimum absolute atomic E-state index is 0.0748. The molecule has 0 radical (unpaired) electrons. The molecule has 0 saturated carbocycles. The van der Waals surface area contributed by atoms with Crippen molar-refractivity contribution in [2.24, 2.45) is 0 Å². The van der Waals surface area contributed by atoms with E-state index in [0.717, 1.165) is 10.9 Å². The number of hydrogen-bond donors (Lipinski definition) is 0. The Morgan fingerprint density at radius 1 is 1.38 bits per heavy atom. The van der Waals surface area contributed by atoms with Crippen LogP contribution in [0.15, 0.2) is 35.1 Å². The van der Waals surface area contributed by atoms with Gasteiger partial charge in [0.15, 0.2) is 11.5 Å². The van der Waals surface area contributed by atoms with E-state index in [1.54, 1.807) is 6.92 Å². The predicted molar refractivity (Wildman–Crippen MR) is 79.7 cm³/mol. The van der Waals surface area contributed by atoms with E-state index in [9.17, 15) is 23.3 Å². The smallest absolute Gasteiger partial charge is 0.433 e. The van der Waals surface area contributed by atoms with Crippen molar-refractivity contribution in [1.29, 1.82) is 0 Å². The lowest BCUT2D eigenvalue weighted by molar-refractivity contribution is -0.385. The van der Waals surface area contributed by atoms with Crippen LogP contribution in [-0.4, -0.2) is 31.3 Å². The highest BCUT2D eigenvalue weighted by atomic mass is 19.4. The Hall–Kier alpha value is -3.44. The summed E-state index contributed by atoms with van der Waals surface area (Å²) in [5.41, 5.74) is -1.92. The minimum atomic E-state index is -4.76. The third kappa shape index (κ3) is 3.34. The van der Waals surface area contributed by atoms with Crippen LogP contribution in [0.4, 0.5) is 18.9 Å². The van der Waals surface area contributed by atoms with E-state index in [1.807, 2.05) is 0 Å². The molecule has 3 rings (SSSR count). The number of nitrogens with zero attached hydrogens (tertiary/aromatic N) is 5. The fourth-order valence-corrected chi connectivity index (χ4v) is 2.05. The number of aromatic nitrogens is 4. The summed E-state index contributed by atoms with van der Waals surface area (Å²) in [7, 11) is 0. The van der Waals surface area contributed by atoms with Gasteiger partial charge in [-0.25, -0.2) is 9.97 Å². The zero-order valence-corrected chi connectivity index (χ0v) is 13.1. The first-order valence-corrected chi connectivity index (χ1v) is 7.17. The summed E-state index contributed by atoms with van der Waals surface area (Å²) in [6, 6.07) is 3.61. The number of hydrogen-bond acceptors (Lipinski definition) is 7. The molecule has 26 heavy (non-hydrogen) atoms. The highest BCUT2D eigenvalue weighted by Gasteiger charge is 2.35. The largest absolute Gasteiger partial charge is 0.472 e. The molecule has 0 spiro atoms. The van der Waals surface area contributed by atoms with Crippen LogP contribution in [0.2, 0.25) is 0 Å². The van der Waals surface area contributed by atoms with E-state index in [-0.39, 0.29) is 23.9 Å². The van der Waals surface area contributed by atoms with Crippen LogP contribution in [0.1, 0.15) is 12.6 Å². The summed E-state index contributed by atoms with van der Waals surface area (Å²) in [4.78, 5) is 17.6. The Morgan fingerprint density at radius 2 is 2.15 bits per heavy atom. The second-order valence-electron chi connectivity index (χ2n) is 4.87. The molecule has 3 aromatic rings. The topological polar surface area (TPSA) is 109 Å². The molecule has 3 aromatic heterocycles. The van der Waals surface area contributed by atoms with Crippen LogP contribution in [0.5, 0.6) is 5.88 Å². The Labute approximate surface area is 143 Å². The number of rotatable bonds is 5. The summed E-state index contributed by atoms with van der Waals surface area (Å²) in [5.74, 6) is -0.788. The first-order valence-electron chi connectivity index (χ1n) is 7.17. The standard InChI is InChI=1S/C14H10F3N5O4/c1-2-25-12-9(22(23)24)7-21(20-12)13-18-8(10-4-3-5-26-10)6-11(19-13)14(15,16)17/h3-7H,2H2,1H3. The average Bonchev–Trinajstić information content (AvgIpc) is 3.24. The van der Waals surface area contributed by atoms with Crippen LogP contribution >= 0.6 is 0 Å². The third-order valence-electron chi connectivity index (χ3n) is 3.12. The van der Waals surface area contributed by atoms with Gasteiger partial charge in [0.1, 0.15) is 11.9 Å². The molecule has 0 amide bonds. The van der Waals surface area contributed by atoms with Crippen molar-refractivity contribution >= 4 is 5.69 Å². The molecule has 0 aliphatic heterocycles. The Balaban J connectivity index is 2.17. The van der Waals surface area contributed by atoms with Gasteiger partial charge >= 0.3 is 17.7 Å². The summed E-state index contributed by atoms with van der Waals surface area (Å²) in [6.45, 7) is 1.66. The van der Waals surface area contributed by atoms with E-state index >= 15 is 0 Å². The van der Waals surface area contributed by atoms with Crippen molar-refractivity contribution < 1.29 is 27.2 Å². The molecule has 0 N–H and O–H groups in total. The van der Waals surface area contributed by atoms with Crippen molar-refractivity contribution in [3.05, 3.63) is 46.5 Å². The van der Waals surface area contributed by atoms with Crippen molar-refractivity contribution in [2.75, 3.05) is 6.61 Å². The first kappa shape index (κ1) is 17.4. The van der Waals surface area contributed by atoms with E-state index < -0.39 is 28.4 Å². The highest BCUT2D eigenvalue weighted by Crippen LogP contribution is 2.32. The molecule has 9 nitrogen and oxygen atoms in total. The number of ether oxygens (including phenoxy) is 1.